The number of halogens is 3. The van der Waals surface area contributed by atoms with E-state index in [0.29, 0.717) is 23.5 Å². The Morgan fingerprint density at radius 1 is 1.20 bits per heavy atom. The van der Waals surface area contributed by atoms with Gasteiger partial charge < -0.3 is 9.72 Å². The van der Waals surface area contributed by atoms with E-state index in [1.165, 1.54) is 10.7 Å². The minimum atomic E-state index is -4.41. The van der Waals surface area contributed by atoms with Crippen molar-refractivity contribution < 1.29 is 17.9 Å². The van der Waals surface area contributed by atoms with Crippen LogP contribution in [-0.4, -0.2) is 35.4 Å². The van der Waals surface area contributed by atoms with Crippen molar-refractivity contribution in [1.82, 2.24) is 29.3 Å². The molecule has 4 aromatic rings. The van der Waals surface area contributed by atoms with Gasteiger partial charge in [-0.15, -0.1) is 0 Å². The summed E-state index contributed by atoms with van der Waals surface area (Å²) in [5.74, 6) is 0.404. The van der Waals surface area contributed by atoms with Crippen LogP contribution in [0.25, 0.3) is 22.6 Å². The Bertz CT molecular complexity index is 1400. The number of alkyl halides is 3. The highest BCUT2D eigenvalue weighted by Gasteiger charge is 2.30. The molecule has 0 amide bonds. The molecule has 1 fully saturated rings. The zero-order valence-electron chi connectivity index (χ0n) is 19.2. The lowest BCUT2D eigenvalue weighted by Gasteiger charge is -2.16. The average molecular weight is 486 g/mol. The van der Waals surface area contributed by atoms with Crippen molar-refractivity contribution in [3.63, 3.8) is 0 Å². The van der Waals surface area contributed by atoms with Gasteiger partial charge in [-0.05, 0) is 49.8 Å². The zero-order valence-corrected chi connectivity index (χ0v) is 19.2. The fraction of sp³-hybridized carbons (Fsp3) is 0.417. The summed E-state index contributed by atoms with van der Waals surface area (Å²) < 4.78 is 48.2. The van der Waals surface area contributed by atoms with E-state index in [1.54, 1.807) is 23.0 Å². The summed E-state index contributed by atoms with van der Waals surface area (Å²) in [5, 5.41) is 4.25. The Hall–Kier alpha value is -3.63. The van der Waals surface area contributed by atoms with Crippen molar-refractivity contribution in [3.8, 4) is 17.4 Å². The van der Waals surface area contributed by atoms with E-state index in [1.807, 2.05) is 6.92 Å². The van der Waals surface area contributed by atoms with Crippen LogP contribution in [0.1, 0.15) is 50.2 Å². The van der Waals surface area contributed by atoms with Crippen molar-refractivity contribution >= 4 is 11.2 Å². The molecule has 11 heteroatoms. The summed E-state index contributed by atoms with van der Waals surface area (Å²) in [6.07, 6.45) is 3.69. The Kier molecular flexibility index (Phi) is 6.08. The highest BCUT2D eigenvalue weighted by atomic mass is 19.4. The predicted molar refractivity (Wildman–Crippen MR) is 123 cm³/mol. The number of aromatic amines is 1. The number of ether oxygens (including phenoxy) is 1. The lowest BCUT2D eigenvalue weighted by atomic mass is 10.1. The molecule has 0 aliphatic heterocycles. The van der Waals surface area contributed by atoms with E-state index in [0.717, 1.165) is 44.2 Å². The number of benzene rings is 1. The lowest BCUT2D eigenvalue weighted by Crippen LogP contribution is -2.26. The second-order valence-electron chi connectivity index (χ2n) is 8.78. The van der Waals surface area contributed by atoms with Gasteiger partial charge in [-0.3, -0.25) is 14.0 Å². The van der Waals surface area contributed by atoms with E-state index in [2.05, 4.69) is 20.1 Å². The summed E-state index contributed by atoms with van der Waals surface area (Å²) in [7, 11) is 0. The first-order valence-corrected chi connectivity index (χ1v) is 11.7. The van der Waals surface area contributed by atoms with Crippen LogP contribution in [-0.2, 0) is 19.3 Å². The molecule has 0 spiro atoms. The van der Waals surface area contributed by atoms with Crippen molar-refractivity contribution in [2.24, 2.45) is 0 Å². The third kappa shape index (κ3) is 4.80. The summed E-state index contributed by atoms with van der Waals surface area (Å²) in [6.45, 7) is 2.62. The Labute approximate surface area is 198 Å². The maximum absolute atomic E-state index is 13.2. The number of H-pyrrole nitrogens is 1. The molecule has 1 aliphatic carbocycles. The van der Waals surface area contributed by atoms with Gasteiger partial charge in [0.1, 0.15) is 11.9 Å². The molecule has 0 radical (unpaired) electrons. The number of nitrogens with one attached hydrogen (secondary N) is 1. The molecule has 1 saturated carbocycles. The van der Waals surface area contributed by atoms with E-state index in [9.17, 15) is 18.0 Å². The van der Waals surface area contributed by atoms with Gasteiger partial charge in [-0.2, -0.15) is 23.3 Å². The number of aromatic nitrogens is 6. The second-order valence-corrected chi connectivity index (χ2v) is 8.78. The van der Waals surface area contributed by atoms with Gasteiger partial charge in [0.05, 0.1) is 23.9 Å². The van der Waals surface area contributed by atoms with Crippen LogP contribution in [0.5, 0.6) is 6.01 Å². The highest BCUT2D eigenvalue weighted by molar-refractivity contribution is 5.75. The standard InChI is InChI=1S/C24H25F3N6O2/c1-2-10-33-22(34)19-21(31-23(33)35-18-8-3-4-9-18)30-20(29-19)16-12-28-32(14-16)13-15-6-5-7-17(11-15)24(25,26)27/h5-7,11-12,14,18H,2-4,8-10,13H2,1H3,(H,29,30). The molecule has 184 valence electrons. The predicted octanol–water partition coefficient (Wildman–Crippen LogP) is 4.78. The lowest BCUT2D eigenvalue weighted by molar-refractivity contribution is -0.137. The molecule has 0 atom stereocenters. The van der Waals surface area contributed by atoms with Crippen LogP contribution < -0.4 is 10.3 Å². The molecule has 1 aliphatic rings. The number of hydrogen-bond donors (Lipinski definition) is 1. The van der Waals surface area contributed by atoms with Crippen molar-refractivity contribution in [2.75, 3.05) is 0 Å². The van der Waals surface area contributed by atoms with Gasteiger partial charge in [0, 0.05) is 12.7 Å². The van der Waals surface area contributed by atoms with Crippen molar-refractivity contribution in [1.29, 1.82) is 0 Å². The third-order valence-corrected chi connectivity index (χ3v) is 6.10. The molecule has 3 heterocycles. The second kappa shape index (κ2) is 9.20. The van der Waals surface area contributed by atoms with Gasteiger partial charge in [-0.1, -0.05) is 19.1 Å². The molecule has 3 aromatic heterocycles. The Morgan fingerprint density at radius 3 is 2.74 bits per heavy atom. The van der Waals surface area contributed by atoms with Crippen LogP contribution in [0.3, 0.4) is 0 Å². The number of imidazole rings is 1. The van der Waals surface area contributed by atoms with Gasteiger partial charge in [0.25, 0.3) is 5.56 Å². The quantitative estimate of drug-likeness (QED) is 0.406. The van der Waals surface area contributed by atoms with E-state index in [-0.39, 0.29) is 35.4 Å². The summed E-state index contributed by atoms with van der Waals surface area (Å²) in [6, 6.07) is 5.42. The topological polar surface area (TPSA) is 90.6 Å². The fourth-order valence-corrected chi connectivity index (χ4v) is 4.38. The Balaban J connectivity index is 1.44. The molecular weight excluding hydrogens is 461 g/mol. The van der Waals surface area contributed by atoms with E-state index < -0.39 is 11.7 Å². The average Bonchev–Trinajstić information content (AvgIpc) is 3.57. The van der Waals surface area contributed by atoms with Crippen molar-refractivity contribution in [2.45, 2.75) is 64.4 Å². The third-order valence-electron chi connectivity index (χ3n) is 6.10. The minimum absolute atomic E-state index is 0.0509. The number of rotatable bonds is 7. The molecule has 5 rings (SSSR count). The highest BCUT2D eigenvalue weighted by Crippen LogP contribution is 2.30. The molecule has 35 heavy (non-hydrogen) atoms. The Morgan fingerprint density at radius 2 is 2.00 bits per heavy atom. The summed E-state index contributed by atoms with van der Waals surface area (Å²) >= 11 is 0. The minimum Gasteiger partial charge on any atom is -0.461 e. The molecule has 8 nitrogen and oxygen atoms in total. The van der Waals surface area contributed by atoms with E-state index in [4.69, 9.17) is 4.74 Å². The van der Waals surface area contributed by atoms with Crippen LogP contribution in [0.15, 0.2) is 41.5 Å². The fourth-order valence-electron chi connectivity index (χ4n) is 4.38. The number of nitrogens with zero attached hydrogens (tertiary/aromatic N) is 5. The van der Waals surface area contributed by atoms with Gasteiger partial charge in [0.2, 0.25) is 0 Å². The summed E-state index contributed by atoms with van der Waals surface area (Å²) in [4.78, 5) is 25.2. The van der Waals surface area contributed by atoms with E-state index >= 15 is 0 Å². The SMILES string of the molecule is CCCn1c(OC2CCCC2)nc2nc(-c3cnn(Cc4cccc(C(F)(F)F)c4)c3)[nH]c2c1=O. The first kappa shape index (κ1) is 23.1. The molecule has 1 N–H and O–H groups in total. The van der Waals surface area contributed by atoms with Gasteiger partial charge in [-0.25, -0.2) is 4.98 Å². The smallest absolute Gasteiger partial charge is 0.416 e. The molecule has 0 bridgehead atoms. The van der Waals surface area contributed by atoms with Gasteiger partial charge >= 0.3 is 12.2 Å². The molecule has 1 aromatic carbocycles. The van der Waals surface area contributed by atoms with Crippen LogP contribution in [0, 0.1) is 0 Å². The largest absolute Gasteiger partial charge is 0.461 e. The first-order chi connectivity index (χ1) is 16.8. The number of fused-ring (bicyclic) bond motifs is 1. The molecule has 0 unspecified atom stereocenters. The molecule has 0 saturated heterocycles. The van der Waals surface area contributed by atoms with Crippen LogP contribution in [0.4, 0.5) is 13.2 Å². The van der Waals surface area contributed by atoms with Crippen molar-refractivity contribution in [3.05, 3.63) is 58.1 Å². The summed E-state index contributed by atoms with van der Waals surface area (Å²) in [5.41, 5.74) is 0.644. The maximum atomic E-state index is 13.2. The first-order valence-electron chi connectivity index (χ1n) is 11.7. The normalized spacial score (nSPS) is 14.7. The monoisotopic (exact) mass is 486 g/mol. The van der Waals surface area contributed by atoms with Crippen LogP contribution in [0.2, 0.25) is 0 Å². The number of hydrogen-bond acceptors (Lipinski definition) is 5. The van der Waals surface area contributed by atoms with Crippen LogP contribution >= 0.6 is 0 Å². The molecular formula is C24H25F3N6O2. The maximum Gasteiger partial charge on any atom is 0.416 e. The van der Waals surface area contributed by atoms with Gasteiger partial charge in [0.15, 0.2) is 11.2 Å². The zero-order chi connectivity index (χ0) is 24.6.